The first-order valence-electron chi connectivity index (χ1n) is 18.6. The Morgan fingerprint density at radius 2 is 0.979 bits per heavy atom. The maximum absolute atomic E-state index is 3.84. The van der Waals surface area contributed by atoms with E-state index in [4.69, 9.17) is 0 Å². The summed E-state index contributed by atoms with van der Waals surface area (Å²) in [5.41, 5.74) is 11.4. The lowest BCUT2D eigenvalue weighted by Crippen LogP contribution is -2.12. The van der Waals surface area contributed by atoms with Gasteiger partial charge in [0, 0.05) is 21.4 Å². The van der Waals surface area contributed by atoms with Crippen molar-refractivity contribution in [1.82, 2.24) is 0 Å². The van der Waals surface area contributed by atoms with Crippen LogP contribution in [0.1, 0.15) is 102 Å². The van der Waals surface area contributed by atoms with Crippen molar-refractivity contribution >= 4 is 33.0 Å². The molecule has 0 unspecified atom stereocenters. The van der Waals surface area contributed by atoms with E-state index in [0.29, 0.717) is 0 Å². The Hall–Kier alpha value is -3.62. The standard InChI is InChI=1S/C46H54BrN/c1-3-5-7-9-11-15-21-37-27-31-42(32-28-37)48(41-25-19-14-20-26-41)46-34-29-38(22-16-12-10-8-6-4-2)35-45(46)44-36-40(47)30-33-43(44)39-23-17-13-18-24-39/h13-14,17-20,23-36H,3-12,15-16,21-22H2,1-2H3. The van der Waals surface area contributed by atoms with E-state index in [0.717, 1.165) is 17.3 Å². The Labute approximate surface area is 299 Å². The van der Waals surface area contributed by atoms with Gasteiger partial charge in [0.2, 0.25) is 0 Å². The van der Waals surface area contributed by atoms with Crippen LogP contribution in [-0.2, 0) is 12.8 Å². The fourth-order valence-electron chi connectivity index (χ4n) is 6.79. The maximum Gasteiger partial charge on any atom is 0.0540 e. The number of halogens is 1. The van der Waals surface area contributed by atoms with Crippen molar-refractivity contribution in [2.75, 3.05) is 4.90 Å². The SMILES string of the molecule is CCCCCCCCc1ccc(N(c2ccccc2)c2ccc(CCCCCCCC)cc2-c2cc(Br)ccc2-c2ccccc2)cc1. The second kappa shape index (κ2) is 19.4. The van der Waals surface area contributed by atoms with E-state index in [9.17, 15) is 0 Å². The van der Waals surface area contributed by atoms with E-state index >= 15 is 0 Å². The molecule has 0 atom stereocenters. The molecule has 0 N–H and O–H groups in total. The van der Waals surface area contributed by atoms with Crippen LogP contribution < -0.4 is 4.90 Å². The largest absolute Gasteiger partial charge is 0.310 e. The van der Waals surface area contributed by atoms with Crippen molar-refractivity contribution in [3.63, 3.8) is 0 Å². The van der Waals surface area contributed by atoms with Crippen LogP contribution in [-0.4, -0.2) is 0 Å². The van der Waals surface area contributed by atoms with Gasteiger partial charge in [0.25, 0.3) is 0 Å². The van der Waals surface area contributed by atoms with Crippen molar-refractivity contribution in [2.45, 2.75) is 104 Å². The normalized spacial score (nSPS) is 11.1. The third kappa shape index (κ3) is 10.2. The van der Waals surface area contributed by atoms with Gasteiger partial charge >= 0.3 is 0 Å². The molecule has 0 saturated heterocycles. The van der Waals surface area contributed by atoms with E-state index in [1.54, 1.807) is 0 Å². The molecule has 5 aromatic rings. The number of aryl methyl sites for hydroxylation is 2. The van der Waals surface area contributed by atoms with Crippen LogP contribution in [0.5, 0.6) is 0 Å². The van der Waals surface area contributed by atoms with Gasteiger partial charge < -0.3 is 4.90 Å². The minimum absolute atomic E-state index is 1.09. The molecule has 2 heteroatoms. The van der Waals surface area contributed by atoms with Crippen molar-refractivity contribution in [3.8, 4) is 22.3 Å². The second-order valence-corrected chi connectivity index (χ2v) is 14.2. The zero-order valence-electron chi connectivity index (χ0n) is 29.3. The highest BCUT2D eigenvalue weighted by Crippen LogP contribution is 2.45. The van der Waals surface area contributed by atoms with E-state index in [1.165, 1.54) is 127 Å². The highest BCUT2D eigenvalue weighted by atomic mass is 79.9. The van der Waals surface area contributed by atoms with Crippen molar-refractivity contribution in [2.24, 2.45) is 0 Å². The molecule has 0 aliphatic rings. The van der Waals surface area contributed by atoms with Gasteiger partial charge in [-0.3, -0.25) is 0 Å². The monoisotopic (exact) mass is 699 g/mol. The number of unbranched alkanes of at least 4 members (excludes halogenated alkanes) is 10. The number of hydrogen-bond acceptors (Lipinski definition) is 1. The predicted octanol–water partition coefficient (Wildman–Crippen LogP) is 15.1. The molecule has 0 bridgehead atoms. The van der Waals surface area contributed by atoms with Crippen LogP contribution >= 0.6 is 15.9 Å². The molecule has 250 valence electrons. The molecule has 0 aliphatic carbocycles. The molecule has 0 heterocycles. The smallest absolute Gasteiger partial charge is 0.0540 e. The third-order valence-corrected chi connectivity index (χ3v) is 10.00. The molecular formula is C46H54BrN. The molecule has 5 aromatic carbocycles. The average Bonchev–Trinajstić information content (AvgIpc) is 3.13. The van der Waals surface area contributed by atoms with Gasteiger partial charge in [0.05, 0.1) is 5.69 Å². The first-order valence-corrected chi connectivity index (χ1v) is 19.4. The number of hydrogen-bond donors (Lipinski definition) is 0. The number of nitrogens with zero attached hydrogens (tertiary/aromatic N) is 1. The summed E-state index contributed by atoms with van der Waals surface area (Å²) >= 11 is 3.84. The number of rotatable bonds is 19. The van der Waals surface area contributed by atoms with Crippen molar-refractivity contribution in [3.05, 3.63) is 137 Å². The third-order valence-electron chi connectivity index (χ3n) is 9.51. The molecule has 0 aromatic heterocycles. The van der Waals surface area contributed by atoms with Gasteiger partial charge in [-0.25, -0.2) is 0 Å². The Kier molecular flexibility index (Phi) is 14.4. The van der Waals surface area contributed by atoms with Gasteiger partial charge in [-0.2, -0.15) is 0 Å². The molecule has 0 aliphatic heterocycles. The van der Waals surface area contributed by atoms with Crippen LogP contribution in [0.25, 0.3) is 22.3 Å². The Morgan fingerprint density at radius 1 is 0.438 bits per heavy atom. The maximum atomic E-state index is 3.84. The number of para-hydroxylation sites is 1. The summed E-state index contributed by atoms with van der Waals surface area (Å²) in [4.78, 5) is 2.45. The lowest BCUT2D eigenvalue weighted by molar-refractivity contribution is 0.607. The summed E-state index contributed by atoms with van der Waals surface area (Å²) in [6.07, 6.45) is 18.1. The minimum Gasteiger partial charge on any atom is -0.310 e. The summed E-state index contributed by atoms with van der Waals surface area (Å²) < 4.78 is 1.09. The molecule has 0 saturated carbocycles. The summed E-state index contributed by atoms with van der Waals surface area (Å²) in [5.74, 6) is 0. The van der Waals surface area contributed by atoms with Crippen LogP contribution in [0.3, 0.4) is 0 Å². The van der Waals surface area contributed by atoms with E-state index in [1.807, 2.05) is 0 Å². The van der Waals surface area contributed by atoms with E-state index in [2.05, 4.69) is 156 Å². The number of anilines is 3. The quantitative estimate of drug-likeness (QED) is 0.0775. The molecule has 0 spiro atoms. The fourth-order valence-corrected chi connectivity index (χ4v) is 7.15. The first-order chi connectivity index (χ1) is 23.7. The van der Waals surface area contributed by atoms with Crippen LogP contribution in [0.15, 0.2) is 126 Å². The lowest BCUT2D eigenvalue weighted by Gasteiger charge is -2.29. The Balaban J connectivity index is 1.54. The first kappa shape index (κ1) is 35.7. The number of benzene rings is 5. The van der Waals surface area contributed by atoms with Crippen LogP contribution in [0.2, 0.25) is 0 Å². The summed E-state index contributed by atoms with van der Waals surface area (Å²) in [6.45, 7) is 4.58. The highest BCUT2D eigenvalue weighted by molar-refractivity contribution is 9.10. The molecule has 0 fully saturated rings. The zero-order chi connectivity index (χ0) is 33.4. The fraction of sp³-hybridized carbons (Fsp3) is 0.348. The van der Waals surface area contributed by atoms with Gasteiger partial charge in [-0.05, 0) is 102 Å². The van der Waals surface area contributed by atoms with Gasteiger partial charge in [0.15, 0.2) is 0 Å². The van der Waals surface area contributed by atoms with Crippen LogP contribution in [0.4, 0.5) is 17.1 Å². The van der Waals surface area contributed by atoms with Gasteiger partial charge in [0.1, 0.15) is 0 Å². The molecule has 0 radical (unpaired) electrons. The summed E-state index contributed by atoms with van der Waals surface area (Å²) in [5, 5.41) is 0. The average molecular weight is 701 g/mol. The van der Waals surface area contributed by atoms with Crippen molar-refractivity contribution < 1.29 is 0 Å². The molecule has 48 heavy (non-hydrogen) atoms. The lowest BCUT2D eigenvalue weighted by atomic mass is 9.91. The summed E-state index contributed by atoms with van der Waals surface area (Å²) in [7, 11) is 0. The van der Waals surface area contributed by atoms with E-state index in [-0.39, 0.29) is 0 Å². The second-order valence-electron chi connectivity index (χ2n) is 13.3. The predicted molar refractivity (Wildman–Crippen MR) is 214 cm³/mol. The molecule has 1 nitrogen and oxygen atoms in total. The Bertz CT molecular complexity index is 1640. The zero-order valence-corrected chi connectivity index (χ0v) is 30.9. The molecule has 0 amide bonds. The van der Waals surface area contributed by atoms with E-state index < -0.39 is 0 Å². The minimum atomic E-state index is 1.09. The Morgan fingerprint density at radius 3 is 1.62 bits per heavy atom. The topological polar surface area (TPSA) is 3.24 Å². The van der Waals surface area contributed by atoms with Crippen molar-refractivity contribution in [1.29, 1.82) is 0 Å². The summed E-state index contributed by atoms with van der Waals surface area (Å²) in [6, 6.07) is 45.0. The van der Waals surface area contributed by atoms with Gasteiger partial charge in [-0.1, -0.05) is 167 Å². The van der Waals surface area contributed by atoms with Gasteiger partial charge in [-0.15, -0.1) is 0 Å². The van der Waals surface area contributed by atoms with Crippen LogP contribution in [0, 0.1) is 0 Å². The molecular weight excluding hydrogens is 646 g/mol. The molecule has 5 rings (SSSR count). The highest BCUT2D eigenvalue weighted by Gasteiger charge is 2.20.